The summed E-state index contributed by atoms with van der Waals surface area (Å²) in [7, 11) is -1.38. The van der Waals surface area contributed by atoms with Gasteiger partial charge in [-0.3, -0.25) is 4.90 Å². The predicted octanol–water partition coefficient (Wildman–Crippen LogP) is 5.62. The van der Waals surface area contributed by atoms with Crippen LogP contribution >= 0.6 is 0 Å². The third-order valence-corrected chi connectivity index (χ3v) is 8.46. The highest BCUT2D eigenvalue weighted by Gasteiger charge is 2.44. The summed E-state index contributed by atoms with van der Waals surface area (Å²) in [5.74, 6) is 0. The van der Waals surface area contributed by atoms with E-state index < -0.39 is 44.0 Å². The molecule has 1 aliphatic rings. The maximum atomic E-state index is 13.3. The Balaban J connectivity index is 1.78. The summed E-state index contributed by atoms with van der Waals surface area (Å²) in [4.78, 5) is 27.6. The van der Waals surface area contributed by atoms with E-state index in [1.54, 1.807) is 4.90 Å². The number of aliphatic hydroxyl groups excluding tert-OH is 1. The van der Waals surface area contributed by atoms with Crippen LogP contribution in [-0.2, 0) is 27.2 Å². The Kier molecular flexibility index (Phi) is 11.2. The number of hydrogen-bond donors (Lipinski definition) is 2. The lowest BCUT2D eigenvalue weighted by Gasteiger charge is -2.34. The first-order valence-electron chi connectivity index (χ1n) is 14.1. The monoisotopic (exact) mass is 570 g/mol. The summed E-state index contributed by atoms with van der Waals surface area (Å²) in [6.07, 6.45) is -1.68. The molecule has 1 saturated heterocycles. The normalized spacial score (nSPS) is 19.1. The van der Waals surface area contributed by atoms with Crippen molar-refractivity contribution in [2.45, 2.75) is 95.8 Å². The molecule has 2 aromatic rings. The number of alkyl carbamates (subject to hydrolysis) is 1. The van der Waals surface area contributed by atoms with E-state index in [1.807, 2.05) is 81.4 Å². The van der Waals surface area contributed by atoms with Gasteiger partial charge in [-0.2, -0.15) is 0 Å². The van der Waals surface area contributed by atoms with E-state index in [-0.39, 0.29) is 12.6 Å². The molecule has 9 heteroatoms. The van der Waals surface area contributed by atoms with Gasteiger partial charge in [0.2, 0.25) is 0 Å². The van der Waals surface area contributed by atoms with Gasteiger partial charge in [0.05, 0.1) is 44.1 Å². The van der Waals surface area contributed by atoms with Crippen LogP contribution in [0.4, 0.5) is 9.59 Å². The Morgan fingerprint density at radius 1 is 1.02 bits per heavy atom. The molecule has 40 heavy (non-hydrogen) atoms. The molecule has 2 amide bonds. The van der Waals surface area contributed by atoms with Crippen LogP contribution in [0.5, 0.6) is 0 Å². The number of carbonyl (C=O) groups is 2. The second-order valence-corrected chi connectivity index (χ2v) is 18.4. The molecule has 0 aliphatic carbocycles. The lowest BCUT2D eigenvalue weighted by molar-refractivity contribution is -0.00276. The molecule has 0 bridgehead atoms. The fraction of sp³-hybridized carbons (Fsp3) is 0.548. The molecule has 2 aromatic carbocycles. The second-order valence-electron chi connectivity index (χ2n) is 12.7. The molecule has 2 N–H and O–H groups in total. The summed E-state index contributed by atoms with van der Waals surface area (Å²) in [5.41, 5.74) is 1.28. The summed E-state index contributed by atoms with van der Waals surface area (Å²) < 4.78 is 17.4. The van der Waals surface area contributed by atoms with E-state index in [4.69, 9.17) is 14.2 Å². The van der Waals surface area contributed by atoms with Crippen LogP contribution in [-0.4, -0.2) is 73.3 Å². The third-order valence-electron chi connectivity index (χ3n) is 6.75. The van der Waals surface area contributed by atoms with Gasteiger partial charge in [0, 0.05) is 8.07 Å². The first kappa shape index (κ1) is 31.6. The number of amides is 2. The minimum absolute atomic E-state index is 0.280. The lowest BCUT2D eigenvalue weighted by Crippen LogP contribution is -2.55. The van der Waals surface area contributed by atoms with Gasteiger partial charge in [-0.25, -0.2) is 9.59 Å². The Morgan fingerprint density at radius 3 is 2.20 bits per heavy atom. The second kappa shape index (κ2) is 14.1. The smallest absolute Gasteiger partial charge is 0.410 e. The molecule has 2 unspecified atom stereocenters. The third kappa shape index (κ3) is 10.6. The lowest BCUT2D eigenvalue weighted by atomic mass is 9.94. The molecule has 0 saturated carbocycles. The summed E-state index contributed by atoms with van der Waals surface area (Å²) in [5, 5.41) is 14.6. The van der Waals surface area contributed by atoms with Gasteiger partial charge in [0.15, 0.2) is 0 Å². The predicted molar refractivity (Wildman–Crippen MR) is 159 cm³/mol. The zero-order valence-corrected chi connectivity index (χ0v) is 25.8. The van der Waals surface area contributed by atoms with E-state index in [1.165, 1.54) is 0 Å². The van der Waals surface area contributed by atoms with Gasteiger partial charge in [0.1, 0.15) is 5.60 Å². The van der Waals surface area contributed by atoms with E-state index in [0.717, 1.165) is 17.2 Å². The van der Waals surface area contributed by atoms with Crippen LogP contribution in [0.15, 0.2) is 60.7 Å². The molecule has 1 aliphatic heterocycles. The fourth-order valence-electron chi connectivity index (χ4n) is 4.63. The van der Waals surface area contributed by atoms with E-state index >= 15 is 0 Å². The van der Waals surface area contributed by atoms with Crippen molar-refractivity contribution < 1.29 is 28.9 Å². The summed E-state index contributed by atoms with van der Waals surface area (Å²) in [6.45, 7) is 13.1. The van der Waals surface area contributed by atoms with Crippen LogP contribution in [0.25, 0.3) is 0 Å². The number of carbonyl (C=O) groups excluding carboxylic acids is 2. The molecular formula is C31H46N2O6Si. The highest BCUT2D eigenvalue weighted by molar-refractivity contribution is 6.76. The van der Waals surface area contributed by atoms with Crippen molar-refractivity contribution in [2.75, 3.05) is 13.2 Å². The summed E-state index contributed by atoms with van der Waals surface area (Å²) in [6, 6.07) is 19.0. The number of likely N-dealkylation sites (tertiary alicyclic amines) is 1. The number of aliphatic hydroxyl groups is 1. The quantitative estimate of drug-likeness (QED) is 0.341. The van der Waals surface area contributed by atoms with Gasteiger partial charge in [-0.15, -0.1) is 0 Å². The van der Waals surface area contributed by atoms with Crippen LogP contribution in [0.1, 0.15) is 38.3 Å². The first-order chi connectivity index (χ1) is 18.8. The molecule has 220 valence electrons. The highest BCUT2D eigenvalue weighted by Crippen LogP contribution is 2.28. The van der Waals surface area contributed by atoms with Crippen molar-refractivity contribution in [1.29, 1.82) is 0 Å². The molecule has 1 fully saturated rings. The molecular weight excluding hydrogens is 524 g/mol. The number of hydrogen-bond acceptors (Lipinski definition) is 6. The van der Waals surface area contributed by atoms with Crippen molar-refractivity contribution in [3.8, 4) is 0 Å². The minimum atomic E-state index is -1.38. The SMILES string of the molecule is CC(C)(C)OC(=O)N1CC(OCc2ccccc2)CC1[C@@H](O)[C@H](Cc1ccccc1)NC(=O)OCC[Si](C)(C)C. The molecule has 8 nitrogen and oxygen atoms in total. The zero-order chi connectivity index (χ0) is 29.3. The average molecular weight is 571 g/mol. The Hall–Kier alpha value is -2.88. The van der Waals surface area contributed by atoms with Crippen LogP contribution < -0.4 is 5.32 Å². The maximum absolute atomic E-state index is 13.3. The number of nitrogens with one attached hydrogen (secondary N) is 1. The number of benzene rings is 2. The van der Waals surface area contributed by atoms with Gasteiger partial charge in [-0.05, 0) is 50.8 Å². The van der Waals surface area contributed by atoms with Crippen molar-refractivity contribution in [3.63, 3.8) is 0 Å². The molecule has 1 heterocycles. The Labute approximate surface area is 240 Å². The molecule has 0 radical (unpaired) electrons. The average Bonchev–Trinajstić information content (AvgIpc) is 3.31. The first-order valence-corrected chi connectivity index (χ1v) is 17.8. The number of nitrogens with zero attached hydrogens (tertiary/aromatic N) is 1. The molecule has 3 rings (SSSR count). The summed E-state index contributed by atoms with van der Waals surface area (Å²) >= 11 is 0. The fourth-order valence-corrected chi connectivity index (χ4v) is 5.34. The zero-order valence-electron chi connectivity index (χ0n) is 24.8. The van der Waals surface area contributed by atoms with Crippen LogP contribution in [0, 0.1) is 0 Å². The van der Waals surface area contributed by atoms with Crippen LogP contribution in [0.3, 0.4) is 0 Å². The van der Waals surface area contributed by atoms with Crippen molar-refractivity contribution >= 4 is 20.3 Å². The van der Waals surface area contributed by atoms with E-state index in [0.29, 0.717) is 26.1 Å². The van der Waals surface area contributed by atoms with Crippen LogP contribution in [0.2, 0.25) is 25.7 Å². The Bertz CT molecular complexity index is 1070. The molecule has 4 atom stereocenters. The van der Waals surface area contributed by atoms with Crippen molar-refractivity contribution in [3.05, 3.63) is 71.8 Å². The minimum Gasteiger partial charge on any atom is -0.450 e. The molecule has 0 aromatic heterocycles. The van der Waals surface area contributed by atoms with E-state index in [9.17, 15) is 14.7 Å². The molecule has 0 spiro atoms. The largest absolute Gasteiger partial charge is 0.450 e. The van der Waals surface area contributed by atoms with E-state index in [2.05, 4.69) is 25.0 Å². The number of rotatable bonds is 11. The maximum Gasteiger partial charge on any atom is 0.410 e. The van der Waals surface area contributed by atoms with Gasteiger partial charge >= 0.3 is 12.2 Å². The standard InChI is InChI=1S/C31H46N2O6Si/c1-31(2,3)39-30(36)33-21-25(38-22-24-15-11-8-12-16-24)20-27(33)28(34)26(19-23-13-9-7-10-14-23)32-29(35)37-17-18-40(4,5)6/h7-16,25-28,34H,17-22H2,1-6H3,(H,32,35)/t25?,26-,27?,28-/m0/s1. The Morgan fingerprint density at radius 2 is 1.62 bits per heavy atom. The van der Waals surface area contributed by atoms with Crippen molar-refractivity contribution in [1.82, 2.24) is 10.2 Å². The van der Waals surface area contributed by atoms with Gasteiger partial charge in [0.25, 0.3) is 0 Å². The van der Waals surface area contributed by atoms with Gasteiger partial charge in [-0.1, -0.05) is 80.3 Å². The van der Waals surface area contributed by atoms with Gasteiger partial charge < -0.3 is 24.6 Å². The number of ether oxygens (including phenoxy) is 3. The van der Waals surface area contributed by atoms with Crippen molar-refractivity contribution in [2.24, 2.45) is 0 Å². The highest BCUT2D eigenvalue weighted by atomic mass is 28.3. The topological polar surface area (TPSA) is 97.3 Å².